The Morgan fingerprint density at radius 3 is 2.68 bits per heavy atom. The maximum atomic E-state index is 12.7. The summed E-state index contributed by atoms with van der Waals surface area (Å²) in [5.41, 5.74) is 0.969. The minimum Gasteiger partial charge on any atom is -0.467 e. The number of hydrogen-bond donors (Lipinski definition) is 2. The van der Waals surface area contributed by atoms with Crippen LogP contribution in [0.25, 0.3) is 0 Å². The molecule has 0 radical (unpaired) electrons. The van der Waals surface area contributed by atoms with E-state index in [-0.39, 0.29) is 11.9 Å². The molecular formula is C14H15FN2OS. The molecule has 5 heteroatoms. The lowest BCUT2D eigenvalue weighted by molar-refractivity contribution is 0.462. The smallest absolute Gasteiger partial charge is 0.167 e. The second kappa shape index (κ2) is 6.33. The van der Waals surface area contributed by atoms with Crippen molar-refractivity contribution in [2.75, 3.05) is 0 Å². The van der Waals surface area contributed by atoms with Gasteiger partial charge in [0.1, 0.15) is 11.6 Å². The first-order valence-corrected chi connectivity index (χ1v) is 6.38. The van der Waals surface area contributed by atoms with Gasteiger partial charge in [-0.15, -0.1) is 0 Å². The van der Waals surface area contributed by atoms with Crippen molar-refractivity contribution in [3.8, 4) is 0 Å². The van der Waals surface area contributed by atoms with Crippen LogP contribution in [0.2, 0.25) is 0 Å². The lowest BCUT2D eigenvalue weighted by Crippen LogP contribution is -2.36. The summed E-state index contributed by atoms with van der Waals surface area (Å²) in [5, 5.41) is 6.72. The van der Waals surface area contributed by atoms with Gasteiger partial charge in [0, 0.05) is 6.54 Å². The number of rotatable bonds is 4. The zero-order valence-corrected chi connectivity index (χ0v) is 11.3. The maximum absolute atomic E-state index is 12.7. The number of thiocarbonyl (C=S) groups is 1. The topological polar surface area (TPSA) is 37.2 Å². The molecule has 0 spiro atoms. The normalized spacial score (nSPS) is 11.9. The van der Waals surface area contributed by atoms with E-state index in [2.05, 4.69) is 10.6 Å². The molecule has 0 amide bonds. The van der Waals surface area contributed by atoms with Crippen molar-refractivity contribution in [1.29, 1.82) is 0 Å². The number of furan rings is 1. The Bertz CT molecular complexity index is 525. The van der Waals surface area contributed by atoms with Gasteiger partial charge in [-0.2, -0.15) is 0 Å². The first kappa shape index (κ1) is 13.5. The minimum absolute atomic E-state index is 0.00298. The van der Waals surface area contributed by atoms with Crippen molar-refractivity contribution >= 4 is 17.3 Å². The lowest BCUT2D eigenvalue weighted by Gasteiger charge is -2.15. The van der Waals surface area contributed by atoms with Crippen LogP contribution < -0.4 is 10.6 Å². The minimum atomic E-state index is -0.240. The number of nitrogens with one attached hydrogen (secondary N) is 2. The molecule has 0 bridgehead atoms. The summed E-state index contributed by atoms with van der Waals surface area (Å²) in [6, 6.07) is 10.0. The fourth-order valence-corrected chi connectivity index (χ4v) is 1.89. The molecule has 19 heavy (non-hydrogen) atoms. The predicted molar refractivity (Wildman–Crippen MR) is 76.1 cm³/mol. The van der Waals surface area contributed by atoms with Crippen LogP contribution in [-0.2, 0) is 6.54 Å². The van der Waals surface area contributed by atoms with Gasteiger partial charge < -0.3 is 15.1 Å². The molecule has 0 aliphatic carbocycles. The summed E-state index contributed by atoms with van der Waals surface area (Å²) >= 11 is 5.19. The summed E-state index contributed by atoms with van der Waals surface area (Å²) in [5.74, 6) is 0.585. The predicted octanol–water partition coefficient (Wildman–Crippen LogP) is 3.14. The summed E-state index contributed by atoms with van der Waals surface area (Å²) in [7, 11) is 0. The summed E-state index contributed by atoms with van der Waals surface area (Å²) in [4.78, 5) is 0. The van der Waals surface area contributed by atoms with E-state index in [4.69, 9.17) is 16.6 Å². The van der Waals surface area contributed by atoms with Gasteiger partial charge in [-0.3, -0.25) is 0 Å². The largest absolute Gasteiger partial charge is 0.467 e. The van der Waals surface area contributed by atoms with Crippen LogP contribution in [0.5, 0.6) is 0 Å². The van der Waals surface area contributed by atoms with Crippen molar-refractivity contribution in [2.24, 2.45) is 0 Å². The quantitative estimate of drug-likeness (QED) is 0.843. The summed E-state index contributed by atoms with van der Waals surface area (Å²) in [6.07, 6.45) is 1.63. The van der Waals surface area contributed by atoms with E-state index in [1.165, 1.54) is 12.1 Å². The third-order valence-corrected chi connectivity index (χ3v) is 2.95. The fraction of sp³-hybridized carbons (Fsp3) is 0.214. The van der Waals surface area contributed by atoms with Crippen LogP contribution in [0, 0.1) is 5.82 Å². The average Bonchev–Trinajstić information content (AvgIpc) is 2.92. The molecule has 0 aliphatic rings. The van der Waals surface area contributed by atoms with Crippen molar-refractivity contribution in [1.82, 2.24) is 10.6 Å². The molecule has 2 aromatic rings. The van der Waals surface area contributed by atoms with Gasteiger partial charge in [0.05, 0.1) is 12.3 Å². The molecule has 0 unspecified atom stereocenters. The Kier molecular flexibility index (Phi) is 4.52. The van der Waals surface area contributed by atoms with Crippen LogP contribution >= 0.6 is 12.2 Å². The third-order valence-electron chi connectivity index (χ3n) is 2.68. The third kappa shape index (κ3) is 4.06. The number of hydrogen-bond acceptors (Lipinski definition) is 2. The number of benzene rings is 1. The van der Waals surface area contributed by atoms with Crippen LogP contribution in [0.3, 0.4) is 0 Å². The second-order valence-corrected chi connectivity index (χ2v) is 4.60. The molecule has 1 heterocycles. The standard InChI is InChI=1S/C14H15FN2OS/c1-10(13-3-2-8-18-13)17-14(19)16-9-11-4-6-12(15)7-5-11/h2-8,10H,9H2,1H3,(H2,16,17,19)/t10-/m1/s1. The van der Waals surface area contributed by atoms with E-state index in [9.17, 15) is 4.39 Å². The highest BCUT2D eigenvalue weighted by atomic mass is 32.1. The van der Waals surface area contributed by atoms with E-state index in [1.807, 2.05) is 19.1 Å². The number of halogens is 1. The molecule has 100 valence electrons. The van der Waals surface area contributed by atoms with Crippen molar-refractivity contribution < 1.29 is 8.81 Å². The molecule has 0 saturated heterocycles. The van der Waals surface area contributed by atoms with Crippen molar-refractivity contribution in [2.45, 2.75) is 19.5 Å². The van der Waals surface area contributed by atoms with E-state index in [1.54, 1.807) is 18.4 Å². The van der Waals surface area contributed by atoms with Gasteiger partial charge in [0.2, 0.25) is 0 Å². The molecule has 1 aromatic carbocycles. The Hall–Kier alpha value is -1.88. The van der Waals surface area contributed by atoms with Crippen LogP contribution in [0.15, 0.2) is 47.1 Å². The molecule has 3 nitrogen and oxygen atoms in total. The lowest BCUT2D eigenvalue weighted by atomic mass is 10.2. The molecule has 0 saturated carbocycles. The summed E-state index contributed by atoms with van der Waals surface area (Å²) in [6.45, 7) is 2.52. The van der Waals surface area contributed by atoms with E-state index in [0.29, 0.717) is 11.7 Å². The first-order valence-electron chi connectivity index (χ1n) is 5.97. The molecular weight excluding hydrogens is 263 g/mol. The second-order valence-electron chi connectivity index (χ2n) is 4.19. The highest BCUT2D eigenvalue weighted by molar-refractivity contribution is 7.80. The van der Waals surface area contributed by atoms with E-state index in [0.717, 1.165) is 11.3 Å². The van der Waals surface area contributed by atoms with E-state index < -0.39 is 0 Å². The molecule has 1 aromatic heterocycles. The Balaban J connectivity index is 1.80. The van der Waals surface area contributed by atoms with Gasteiger partial charge in [-0.1, -0.05) is 12.1 Å². The van der Waals surface area contributed by atoms with Crippen LogP contribution in [0.1, 0.15) is 24.3 Å². The SMILES string of the molecule is C[C@@H](NC(=S)NCc1ccc(F)cc1)c1ccco1. The summed E-state index contributed by atoms with van der Waals surface area (Å²) < 4.78 is 18.0. The van der Waals surface area contributed by atoms with Gasteiger partial charge in [-0.05, 0) is 49.0 Å². The zero-order chi connectivity index (χ0) is 13.7. The highest BCUT2D eigenvalue weighted by Crippen LogP contribution is 2.11. The van der Waals surface area contributed by atoms with Gasteiger partial charge in [-0.25, -0.2) is 4.39 Å². The van der Waals surface area contributed by atoms with Crippen LogP contribution in [0.4, 0.5) is 4.39 Å². The highest BCUT2D eigenvalue weighted by Gasteiger charge is 2.08. The first-order chi connectivity index (χ1) is 9.15. The average molecular weight is 278 g/mol. The van der Waals surface area contributed by atoms with Gasteiger partial charge >= 0.3 is 0 Å². The Morgan fingerprint density at radius 2 is 2.05 bits per heavy atom. The molecule has 0 fully saturated rings. The molecule has 1 atom stereocenters. The van der Waals surface area contributed by atoms with Crippen molar-refractivity contribution in [3.63, 3.8) is 0 Å². The Labute approximate surface area is 116 Å². The molecule has 2 rings (SSSR count). The monoisotopic (exact) mass is 278 g/mol. The fourth-order valence-electron chi connectivity index (χ4n) is 1.64. The van der Waals surface area contributed by atoms with E-state index >= 15 is 0 Å². The van der Waals surface area contributed by atoms with Gasteiger partial charge in [0.15, 0.2) is 5.11 Å². The molecule has 2 N–H and O–H groups in total. The molecule has 0 aliphatic heterocycles. The Morgan fingerprint density at radius 1 is 1.32 bits per heavy atom. The zero-order valence-electron chi connectivity index (χ0n) is 10.5. The maximum Gasteiger partial charge on any atom is 0.167 e. The van der Waals surface area contributed by atoms with Crippen LogP contribution in [-0.4, -0.2) is 5.11 Å². The van der Waals surface area contributed by atoms with Crippen molar-refractivity contribution in [3.05, 3.63) is 59.8 Å². The van der Waals surface area contributed by atoms with Gasteiger partial charge in [0.25, 0.3) is 0 Å².